The van der Waals surface area contributed by atoms with Gasteiger partial charge in [-0.25, -0.2) is 0 Å². The molecule has 0 amide bonds. The van der Waals surface area contributed by atoms with Gasteiger partial charge in [0, 0.05) is 18.1 Å². The normalized spacial score (nSPS) is 41.7. The molecular weight excluding hydrogens is 224 g/mol. The van der Waals surface area contributed by atoms with Gasteiger partial charge in [-0.15, -0.1) is 0 Å². The zero-order chi connectivity index (χ0) is 13.2. The van der Waals surface area contributed by atoms with E-state index in [-0.39, 0.29) is 5.54 Å². The summed E-state index contributed by atoms with van der Waals surface area (Å²) in [6.07, 6.45) is 6.26. The first-order valence-corrected chi connectivity index (χ1v) is 7.65. The second-order valence-electron chi connectivity index (χ2n) is 6.63. The molecule has 2 N–H and O–H groups in total. The Balaban J connectivity index is 1.86. The molecule has 0 aromatic heterocycles. The predicted octanol–water partition coefficient (Wildman–Crippen LogP) is 1.86. The van der Waals surface area contributed by atoms with Crippen molar-refractivity contribution < 1.29 is 5.11 Å². The Labute approximate surface area is 112 Å². The van der Waals surface area contributed by atoms with Crippen LogP contribution in [0.5, 0.6) is 0 Å². The minimum absolute atomic E-state index is 0.00851. The van der Waals surface area contributed by atoms with E-state index in [1.54, 1.807) is 0 Å². The van der Waals surface area contributed by atoms with E-state index in [0.717, 1.165) is 18.4 Å². The van der Waals surface area contributed by atoms with Crippen LogP contribution in [0.3, 0.4) is 0 Å². The largest absolute Gasteiger partial charge is 0.394 e. The maximum atomic E-state index is 9.70. The third-order valence-corrected chi connectivity index (χ3v) is 5.41. The van der Waals surface area contributed by atoms with Crippen LogP contribution in [0.15, 0.2) is 0 Å². The molecule has 1 saturated heterocycles. The van der Waals surface area contributed by atoms with Crippen molar-refractivity contribution in [2.75, 3.05) is 26.7 Å². The lowest BCUT2D eigenvalue weighted by Crippen LogP contribution is -2.50. The smallest absolute Gasteiger partial charge is 0.0615 e. The van der Waals surface area contributed by atoms with Crippen molar-refractivity contribution in [3.05, 3.63) is 0 Å². The second kappa shape index (κ2) is 5.89. The minimum Gasteiger partial charge on any atom is -0.394 e. The maximum Gasteiger partial charge on any atom is 0.0615 e. The van der Waals surface area contributed by atoms with Crippen molar-refractivity contribution in [1.29, 1.82) is 0 Å². The molecule has 3 heteroatoms. The molecule has 2 fully saturated rings. The van der Waals surface area contributed by atoms with Crippen molar-refractivity contribution in [3.8, 4) is 0 Å². The first-order chi connectivity index (χ1) is 8.61. The third-order valence-electron chi connectivity index (χ3n) is 5.41. The lowest BCUT2D eigenvalue weighted by atomic mass is 9.85. The Morgan fingerprint density at radius 3 is 2.72 bits per heavy atom. The summed E-state index contributed by atoms with van der Waals surface area (Å²) in [5.41, 5.74) is 0.00851. The molecule has 1 heterocycles. The van der Waals surface area contributed by atoms with E-state index in [0.29, 0.717) is 12.5 Å². The molecule has 0 aromatic rings. The molecular formula is C15H30N2O. The lowest BCUT2D eigenvalue weighted by molar-refractivity contribution is 0.117. The Morgan fingerprint density at radius 1 is 1.39 bits per heavy atom. The second-order valence-corrected chi connectivity index (χ2v) is 6.63. The quantitative estimate of drug-likeness (QED) is 0.786. The van der Waals surface area contributed by atoms with Crippen LogP contribution >= 0.6 is 0 Å². The molecule has 0 spiro atoms. The number of hydrogen-bond acceptors (Lipinski definition) is 3. The zero-order valence-electron chi connectivity index (χ0n) is 12.3. The SMILES string of the molecule is CNC1(CO)CCCC1CCN1CC(C)CC1C. The third kappa shape index (κ3) is 2.73. The number of rotatable bonds is 5. The molecule has 0 radical (unpaired) electrons. The van der Waals surface area contributed by atoms with E-state index in [1.165, 1.54) is 38.8 Å². The highest BCUT2D eigenvalue weighted by Crippen LogP contribution is 2.38. The van der Waals surface area contributed by atoms with E-state index in [9.17, 15) is 5.11 Å². The van der Waals surface area contributed by atoms with E-state index < -0.39 is 0 Å². The maximum absolute atomic E-state index is 9.70. The molecule has 106 valence electrons. The van der Waals surface area contributed by atoms with E-state index >= 15 is 0 Å². The van der Waals surface area contributed by atoms with Crippen LogP contribution in [0, 0.1) is 11.8 Å². The molecule has 4 atom stereocenters. The molecule has 0 aromatic carbocycles. The van der Waals surface area contributed by atoms with Crippen LogP contribution in [0.25, 0.3) is 0 Å². The molecule has 2 rings (SSSR count). The molecule has 3 nitrogen and oxygen atoms in total. The summed E-state index contributed by atoms with van der Waals surface area (Å²) in [7, 11) is 2.01. The predicted molar refractivity (Wildman–Crippen MR) is 75.7 cm³/mol. The summed E-state index contributed by atoms with van der Waals surface area (Å²) < 4.78 is 0. The Hall–Kier alpha value is -0.120. The number of hydrogen-bond donors (Lipinski definition) is 2. The number of aliphatic hydroxyl groups excluding tert-OH is 1. The summed E-state index contributed by atoms with van der Waals surface area (Å²) in [6, 6.07) is 0.750. The Bertz CT molecular complexity index is 265. The van der Waals surface area contributed by atoms with Crippen LogP contribution in [0.2, 0.25) is 0 Å². The fraction of sp³-hybridized carbons (Fsp3) is 1.00. The van der Waals surface area contributed by atoms with Crippen LogP contribution < -0.4 is 5.32 Å². The van der Waals surface area contributed by atoms with E-state index in [1.807, 2.05) is 7.05 Å². The zero-order valence-corrected chi connectivity index (χ0v) is 12.3. The summed E-state index contributed by atoms with van der Waals surface area (Å²) in [5, 5.41) is 13.1. The van der Waals surface area contributed by atoms with E-state index in [2.05, 4.69) is 24.1 Å². The van der Waals surface area contributed by atoms with Gasteiger partial charge in [0.2, 0.25) is 0 Å². The van der Waals surface area contributed by atoms with Gasteiger partial charge in [0.1, 0.15) is 0 Å². The van der Waals surface area contributed by atoms with Gasteiger partial charge in [-0.3, -0.25) is 0 Å². The van der Waals surface area contributed by atoms with Gasteiger partial charge >= 0.3 is 0 Å². The molecule has 1 saturated carbocycles. The summed E-state index contributed by atoms with van der Waals surface area (Å²) in [6.45, 7) is 7.48. The van der Waals surface area contributed by atoms with Crippen LogP contribution in [-0.4, -0.2) is 48.3 Å². The van der Waals surface area contributed by atoms with Crippen molar-refractivity contribution in [3.63, 3.8) is 0 Å². The average molecular weight is 254 g/mol. The molecule has 0 bridgehead atoms. The highest BCUT2D eigenvalue weighted by atomic mass is 16.3. The van der Waals surface area contributed by atoms with Crippen LogP contribution in [0.1, 0.15) is 46.0 Å². The fourth-order valence-electron chi connectivity index (χ4n) is 4.20. The van der Waals surface area contributed by atoms with E-state index in [4.69, 9.17) is 0 Å². The topological polar surface area (TPSA) is 35.5 Å². The number of likely N-dealkylation sites (N-methyl/N-ethyl adjacent to an activating group) is 1. The molecule has 1 aliphatic heterocycles. The number of nitrogens with one attached hydrogen (secondary N) is 1. The molecule has 1 aliphatic carbocycles. The number of likely N-dealkylation sites (tertiary alicyclic amines) is 1. The Morgan fingerprint density at radius 2 is 2.17 bits per heavy atom. The van der Waals surface area contributed by atoms with Gasteiger partial charge in [0.05, 0.1) is 6.61 Å². The van der Waals surface area contributed by atoms with Gasteiger partial charge in [0.25, 0.3) is 0 Å². The van der Waals surface area contributed by atoms with Gasteiger partial charge in [-0.2, -0.15) is 0 Å². The molecule has 18 heavy (non-hydrogen) atoms. The van der Waals surface area contributed by atoms with Gasteiger partial charge in [0.15, 0.2) is 0 Å². The first kappa shape index (κ1) is 14.3. The molecule has 2 aliphatic rings. The molecule has 4 unspecified atom stereocenters. The van der Waals surface area contributed by atoms with Crippen molar-refractivity contribution in [1.82, 2.24) is 10.2 Å². The minimum atomic E-state index is 0.00851. The summed E-state index contributed by atoms with van der Waals surface area (Å²) in [4.78, 5) is 2.64. The van der Waals surface area contributed by atoms with Crippen LogP contribution in [-0.2, 0) is 0 Å². The van der Waals surface area contributed by atoms with Gasteiger partial charge in [-0.1, -0.05) is 13.3 Å². The highest BCUT2D eigenvalue weighted by molar-refractivity contribution is 4.98. The highest BCUT2D eigenvalue weighted by Gasteiger charge is 2.41. The fourth-order valence-corrected chi connectivity index (χ4v) is 4.20. The summed E-state index contributed by atoms with van der Waals surface area (Å²) >= 11 is 0. The standard InChI is InChI=1S/C15H30N2O/c1-12-9-13(2)17(10-12)8-6-14-5-4-7-15(14,11-18)16-3/h12-14,16,18H,4-11H2,1-3H3. The number of aliphatic hydroxyl groups is 1. The number of nitrogens with zero attached hydrogens (tertiary/aromatic N) is 1. The van der Waals surface area contributed by atoms with Crippen molar-refractivity contribution >= 4 is 0 Å². The van der Waals surface area contributed by atoms with Gasteiger partial charge in [-0.05, 0) is 58.0 Å². The Kier molecular flexibility index (Phi) is 4.68. The monoisotopic (exact) mass is 254 g/mol. The first-order valence-electron chi connectivity index (χ1n) is 7.65. The van der Waals surface area contributed by atoms with Crippen LogP contribution in [0.4, 0.5) is 0 Å². The average Bonchev–Trinajstić information content (AvgIpc) is 2.90. The van der Waals surface area contributed by atoms with Gasteiger partial charge < -0.3 is 15.3 Å². The van der Waals surface area contributed by atoms with Crippen molar-refractivity contribution in [2.24, 2.45) is 11.8 Å². The lowest BCUT2D eigenvalue weighted by Gasteiger charge is -2.35. The van der Waals surface area contributed by atoms with Crippen molar-refractivity contribution in [2.45, 2.75) is 57.5 Å². The summed E-state index contributed by atoms with van der Waals surface area (Å²) in [5.74, 6) is 1.51.